The molecule has 4 heteroatoms. The van der Waals surface area contributed by atoms with Crippen LogP contribution in [0.1, 0.15) is 12.0 Å². The van der Waals surface area contributed by atoms with Crippen LogP contribution < -0.4 is 10.2 Å². The molecule has 0 spiro atoms. The number of likely N-dealkylation sites (N-methyl/N-ethyl adjacent to an activating group) is 1. The van der Waals surface area contributed by atoms with Gasteiger partial charge in [0.2, 0.25) is 5.91 Å². The molecule has 1 fully saturated rings. The van der Waals surface area contributed by atoms with E-state index in [1.165, 1.54) is 0 Å². The summed E-state index contributed by atoms with van der Waals surface area (Å²) in [6.07, 6.45) is 0.833. The van der Waals surface area contributed by atoms with Gasteiger partial charge in [0.15, 0.2) is 0 Å². The van der Waals surface area contributed by atoms with Gasteiger partial charge in [-0.05, 0) is 38.1 Å². The highest BCUT2D eigenvalue weighted by atomic mass is 35.5. The fraction of sp³-hybridized carbons (Fsp3) is 0.417. The summed E-state index contributed by atoms with van der Waals surface area (Å²) in [6, 6.07) is 5.70. The SMILES string of the molecule is CNC1CCN(c2ccc(C)cc2Cl)C1=O. The lowest BCUT2D eigenvalue weighted by Gasteiger charge is -2.18. The second kappa shape index (κ2) is 4.44. The molecule has 1 aromatic rings. The Kier molecular flexibility index (Phi) is 3.17. The van der Waals surface area contributed by atoms with Gasteiger partial charge in [0.25, 0.3) is 0 Å². The van der Waals surface area contributed by atoms with Crippen molar-refractivity contribution in [3.05, 3.63) is 28.8 Å². The van der Waals surface area contributed by atoms with E-state index in [9.17, 15) is 4.79 Å². The first-order chi connectivity index (χ1) is 7.63. The minimum atomic E-state index is -0.0719. The lowest BCUT2D eigenvalue weighted by atomic mass is 10.2. The molecular formula is C12H15ClN2O. The summed E-state index contributed by atoms with van der Waals surface area (Å²) in [5.74, 6) is 0.105. The normalized spacial score (nSPS) is 20.6. The van der Waals surface area contributed by atoms with E-state index in [4.69, 9.17) is 11.6 Å². The molecule has 0 aliphatic carbocycles. The van der Waals surface area contributed by atoms with E-state index < -0.39 is 0 Å². The van der Waals surface area contributed by atoms with Gasteiger partial charge in [0.05, 0.1) is 16.8 Å². The molecular weight excluding hydrogens is 224 g/mol. The molecule has 1 heterocycles. The lowest BCUT2D eigenvalue weighted by molar-refractivity contribution is -0.118. The molecule has 1 N–H and O–H groups in total. The van der Waals surface area contributed by atoms with Crippen molar-refractivity contribution in [1.82, 2.24) is 5.32 Å². The van der Waals surface area contributed by atoms with Gasteiger partial charge in [0.1, 0.15) is 0 Å². The van der Waals surface area contributed by atoms with E-state index in [0.717, 1.165) is 24.2 Å². The lowest BCUT2D eigenvalue weighted by Crippen LogP contribution is -2.36. The summed E-state index contributed by atoms with van der Waals surface area (Å²) in [7, 11) is 1.81. The van der Waals surface area contributed by atoms with E-state index in [0.29, 0.717) is 5.02 Å². The predicted octanol–water partition coefficient (Wildman–Crippen LogP) is 1.97. The zero-order chi connectivity index (χ0) is 11.7. The molecule has 0 aromatic heterocycles. The Morgan fingerprint density at radius 1 is 1.50 bits per heavy atom. The fourth-order valence-electron chi connectivity index (χ4n) is 2.02. The van der Waals surface area contributed by atoms with Gasteiger partial charge in [-0.3, -0.25) is 4.79 Å². The Balaban J connectivity index is 2.29. The molecule has 1 aliphatic heterocycles. The first-order valence-corrected chi connectivity index (χ1v) is 5.76. The Bertz CT molecular complexity index is 419. The molecule has 1 amide bonds. The van der Waals surface area contributed by atoms with Crippen molar-refractivity contribution in [2.75, 3.05) is 18.5 Å². The number of carbonyl (C=O) groups excluding carboxylic acids is 1. The molecule has 1 aliphatic rings. The Labute approximate surface area is 100 Å². The highest BCUT2D eigenvalue weighted by Gasteiger charge is 2.32. The van der Waals surface area contributed by atoms with Crippen LogP contribution in [0.15, 0.2) is 18.2 Å². The smallest absolute Gasteiger partial charge is 0.244 e. The van der Waals surface area contributed by atoms with Crippen molar-refractivity contribution in [1.29, 1.82) is 0 Å². The average Bonchev–Trinajstić information content (AvgIpc) is 2.60. The third-order valence-corrected chi connectivity index (χ3v) is 3.25. The molecule has 86 valence electrons. The number of amides is 1. The Morgan fingerprint density at radius 3 is 2.81 bits per heavy atom. The summed E-state index contributed by atoms with van der Waals surface area (Å²) >= 11 is 6.15. The maximum Gasteiger partial charge on any atom is 0.244 e. The molecule has 0 bridgehead atoms. The van der Waals surface area contributed by atoms with Crippen molar-refractivity contribution < 1.29 is 4.79 Å². The molecule has 0 radical (unpaired) electrons. The number of carbonyl (C=O) groups is 1. The zero-order valence-corrected chi connectivity index (χ0v) is 10.2. The van der Waals surface area contributed by atoms with E-state index >= 15 is 0 Å². The number of aryl methyl sites for hydroxylation is 1. The van der Waals surface area contributed by atoms with Gasteiger partial charge in [-0.15, -0.1) is 0 Å². The summed E-state index contributed by atoms with van der Waals surface area (Å²) in [5.41, 5.74) is 1.92. The second-order valence-electron chi connectivity index (χ2n) is 4.07. The van der Waals surface area contributed by atoms with Crippen LogP contribution in [-0.4, -0.2) is 25.5 Å². The quantitative estimate of drug-likeness (QED) is 0.855. The van der Waals surface area contributed by atoms with Gasteiger partial charge >= 0.3 is 0 Å². The molecule has 1 unspecified atom stereocenters. The van der Waals surface area contributed by atoms with Crippen LogP contribution >= 0.6 is 11.6 Å². The van der Waals surface area contributed by atoms with Crippen LogP contribution in [0.2, 0.25) is 5.02 Å². The largest absolute Gasteiger partial charge is 0.310 e. The van der Waals surface area contributed by atoms with Crippen LogP contribution in [0.4, 0.5) is 5.69 Å². The number of hydrogen-bond donors (Lipinski definition) is 1. The van der Waals surface area contributed by atoms with Crippen LogP contribution in [0.5, 0.6) is 0 Å². The van der Waals surface area contributed by atoms with E-state index in [1.807, 2.05) is 32.2 Å². The summed E-state index contributed by atoms with van der Waals surface area (Å²) in [4.78, 5) is 13.7. The maximum atomic E-state index is 12.0. The topological polar surface area (TPSA) is 32.3 Å². The third kappa shape index (κ3) is 1.93. The van der Waals surface area contributed by atoms with Crippen LogP contribution in [-0.2, 0) is 4.79 Å². The molecule has 16 heavy (non-hydrogen) atoms. The van der Waals surface area contributed by atoms with Crippen LogP contribution in [0.25, 0.3) is 0 Å². The third-order valence-electron chi connectivity index (χ3n) is 2.95. The number of hydrogen-bond acceptors (Lipinski definition) is 2. The number of nitrogens with zero attached hydrogens (tertiary/aromatic N) is 1. The Morgan fingerprint density at radius 2 is 2.25 bits per heavy atom. The molecule has 2 rings (SSSR count). The summed E-state index contributed by atoms with van der Waals surface area (Å²) in [5, 5.41) is 3.65. The standard InChI is InChI=1S/C12H15ClN2O/c1-8-3-4-11(9(13)7-8)15-6-5-10(14-2)12(15)16/h3-4,7,10,14H,5-6H2,1-2H3. The summed E-state index contributed by atoms with van der Waals surface area (Å²) in [6.45, 7) is 2.71. The van der Waals surface area contributed by atoms with Crippen molar-refractivity contribution in [3.63, 3.8) is 0 Å². The number of rotatable bonds is 2. The van der Waals surface area contributed by atoms with E-state index in [-0.39, 0.29) is 11.9 Å². The van der Waals surface area contributed by atoms with Crippen LogP contribution in [0.3, 0.4) is 0 Å². The molecule has 0 saturated carbocycles. The minimum absolute atomic E-state index is 0.0719. The van der Waals surface area contributed by atoms with Crippen molar-refractivity contribution in [2.24, 2.45) is 0 Å². The Hall–Kier alpha value is -1.06. The van der Waals surface area contributed by atoms with Gasteiger partial charge in [-0.2, -0.15) is 0 Å². The van der Waals surface area contributed by atoms with E-state index in [2.05, 4.69) is 5.32 Å². The summed E-state index contributed by atoms with van der Waals surface area (Å²) < 4.78 is 0. The number of nitrogens with one attached hydrogen (secondary N) is 1. The van der Waals surface area contributed by atoms with E-state index in [1.54, 1.807) is 4.90 Å². The number of benzene rings is 1. The maximum absolute atomic E-state index is 12.0. The van der Waals surface area contributed by atoms with Gasteiger partial charge < -0.3 is 10.2 Å². The van der Waals surface area contributed by atoms with Crippen molar-refractivity contribution >= 4 is 23.2 Å². The van der Waals surface area contributed by atoms with Gasteiger partial charge in [0, 0.05) is 6.54 Å². The monoisotopic (exact) mass is 238 g/mol. The number of anilines is 1. The highest BCUT2D eigenvalue weighted by molar-refractivity contribution is 6.34. The van der Waals surface area contributed by atoms with Crippen molar-refractivity contribution in [3.8, 4) is 0 Å². The molecule has 3 nitrogen and oxygen atoms in total. The molecule has 1 saturated heterocycles. The number of halogens is 1. The van der Waals surface area contributed by atoms with Gasteiger partial charge in [-0.25, -0.2) is 0 Å². The van der Waals surface area contributed by atoms with Gasteiger partial charge in [-0.1, -0.05) is 17.7 Å². The first kappa shape index (κ1) is 11.4. The molecule has 1 aromatic carbocycles. The first-order valence-electron chi connectivity index (χ1n) is 5.38. The molecule has 1 atom stereocenters. The minimum Gasteiger partial charge on any atom is -0.310 e. The fourth-order valence-corrected chi connectivity index (χ4v) is 2.35. The van der Waals surface area contributed by atoms with Crippen LogP contribution in [0, 0.1) is 6.92 Å². The average molecular weight is 239 g/mol. The zero-order valence-electron chi connectivity index (χ0n) is 9.46. The van der Waals surface area contributed by atoms with Crippen molar-refractivity contribution in [2.45, 2.75) is 19.4 Å². The second-order valence-corrected chi connectivity index (χ2v) is 4.48. The highest BCUT2D eigenvalue weighted by Crippen LogP contribution is 2.30. The predicted molar refractivity (Wildman–Crippen MR) is 66.0 cm³/mol.